The third kappa shape index (κ3) is 3.71. The van der Waals surface area contributed by atoms with Gasteiger partial charge < -0.3 is 10.4 Å². The molecule has 2 aromatic rings. The molecule has 6 nitrogen and oxygen atoms in total. The maximum atomic E-state index is 11.5. The number of amides is 1. The average molecular weight is 373 g/mol. The number of halogens is 1. The normalized spacial score (nSPS) is 19.4. The number of carbonyl (C=O) groups excluding carboxylic acids is 1. The molecule has 1 aliphatic rings. The summed E-state index contributed by atoms with van der Waals surface area (Å²) in [7, 11) is 0. The molecule has 2 N–H and O–H groups in total. The fourth-order valence-electron chi connectivity index (χ4n) is 2.61. The van der Waals surface area contributed by atoms with E-state index in [0.29, 0.717) is 11.3 Å². The first-order valence-electron chi connectivity index (χ1n) is 8.29. The van der Waals surface area contributed by atoms with Gasteiger partial charge in [0.2, 0.25) is 5.91 Å². The van der Waals surface area contributed by atoms with Crippen molar-refractivity contribution >= 4 is 34.2 Å². The molecule has 1 heterocycles. The van der Waals surface area contributed by atoms with E-state index < -0.39 is 6.10 Å². The Labute approximate surface area is 156 Å². The number of nitrogens with one attached hydrogen (secondary N) is 1. The maximum Gasteiger partial charge on any atom is 0.238 e. The second-order valence-corrected chi connectivity index (χ2v) is 7.41. The molecule has 136 valence electrons. The summed E-state index contributed by atoms with van der Waals surface area (Å²) >= 11 is 5.52. The minimum Gasteiger partial charge on any atom is -0.382 e. The van der Waals surface area contributed by atoms with E-state index in [9.17, 15) is 9.90 Å². The van der Waals surface area contributed by atoms with Gasteiger partial charge in [-0.1, -0.05) is 39.0 Å². The van der Waals surface area contributed by atoms with Gasteiger partial charge >= 0.3 is 0 Å². The Kier molecular flexibility index (Phi) is 4.98. The van der Waals surface area contributed by atoms with E-state index in [4.69, 9.17) is 11.6 Å². The van der Waals surface area contributed by atoms with Crippen molar-refractivity contribution in [2.75, 3.05) is 5.88 Å². The van der Waals surface area contributed by atoms with Gasteiger partial charge in [-0.25, -0.2) is 0 Å². The first-order valence-corrected chi connectivity index (χ1v) is 8.83. The Morgan fingerprint density at radius 1 is 1.27 bits per heavy atom. The van der Waals surface area contributed by atoms with E-state index in [1.165, 1.54) is 11.0 Å². The van der Waals surface area contributed by atoms with Crippen molar-refractivity contribution in [3.63, 3.8) is 0 Å². The summed E-state index contributed by atoms with van der Waals surface area (Å²) in [4.78, 5) is 12.9. The number of benzene rings is 1. The first-order chi connectivity index (χ1) is 12.3. The molecule has 0 radical (unpaired) electrons. The Balaban J connectivity index is 2.06. The molecule has 1 aromatic carbocycles. The van der Waals surface area contributed by atoms with Crippen molar-refractivity contribution in [3.8, 4) is 0 Å². The van der Waals surface area contributed by atoms with Crippen molar-refractivity contribution in [3.05, 3.63) is 53.8 Å². The van der Waals surface area contributed by atoms with Gasteiger partial charge in [0, 0.05) is 11.8 Å². The zero-order valence-corrected chi connectivity index (χ0v) is 15.7. The molecule has 1 unspecified atom stereocenters. The molecule has 1 amide bonds. The minimum atomic E-state index is -0.974. The lowest BCUT2D eigenvalue weighted by atomic mass is 9.81. The van der Waals surface area contributed by atoms with Gasteiger partial charge in [-0.3, -0.25) is 4.79 Å². The van der Waals surface area contributed by atoms with Crippen molar-refractivity contribution in [1.82, 2.24) is 20.3 Å². The molecule has 3 rings (SSSR count). The molecule has 1 aliphatic carbocycles. The second-order valence-electron chi connectivity index (χ2n) is 7.15. The highest BCUT2D eigenvalue weighted by atomic mass is 35.5. The molecule has 0 fully saturated rings. The zero-order chi connectivity index (χ0) is 18.9. The van der Waals surface area contributed by atoms with Crippen LogP contribution in [0.25, 0.3) is 16.7 Å². The predicted molar refractivity (Wildman–Crippen MR) is 102 cm³/mol. The number of aromatic nitrogens is 3. The Bertz CT molecular complexity index is 901. The average Bonchev–Trinajstić information content (AvgIpc) is 3.03. The van der Waals surface area contributed by atoms with Crippen LogP contribution in [0.5, 0.6) is 0 Å². The van der Waals surface area contributed by atoms with Crippen LogP contribution in [-0.4, -0.2) is 38.0 Å². The number of carbonyl (C=O) groups is 1. The van der Waals surface area contributed by atoms with E-state index in [1.807, 2.05) is 36.4 Å². The van der Waals surface area contributed by atoms with Gasteiger partial charge in [0.05, 0.1) is 5.70 Å². The monoisotopic (exact) mass is 372 g/mol. The molecular weight excluding hydrogens is 352 g/mol. The molecule has 0 aliphatic heterocycles. The Hall–Kier alpha value is -2.44. The summed E-state index contributed by atoms with van der Waals surface area (Å²) < 4.78 is 0. The van der Waals surface area contributed by atoms with Gasteiger partial charge in [0.1, 0.15) is 23.0 Å². The van der Waals surface area contributed by atoms with Gasteiger partial charge in [0.15, 0.2) is 0 Å². The predicted octanol–water partition coefficient (Wildman–Crippen LogP) is 2.86. The lowest BCUT2D eigenvalue weighted by Crippen LogP contribution is -2.27. The van der Waals surface area contributed by atoms with Gasteiger partial charge in [-0.2, -0.15) is 4.80 Å². The number of aliphatic hydroxyl groups is 1. The second kappa shape index (κ2) is 7.05. The van der Waals surface area contributed by atoms with Crippen LogP contribution in [0.1, 0.15) is 20.8 Å². The van der Waals surface area contributed by atoms with Crippen molar-refractivity contribution in [2.24, 2.45) is 5.41 Å². The van der Waals surface area contributed by atoms with E-state index in [-0.39, 0.29) is 17.2 Å². The molecule has 0 spiro atoms. The summed E-state index contributed by atoms with van der Waals surface area (Å²) in [6.45, 7) is 6.23. The van der Waals surface area contributed by atoms with Crippen molar-refractivity contribution in [1.29, 1.82) is 0 Å². The zero-order valence-electron chi connectivity index (χ0n) is 14.9. The number of nitrogens with zero attached hydrogens (tertiary/aromatic N) is 3. The van der Waals surface area contributed by atoms with Gasteiger partial charge in [-0.05, 0) is 29.2 Å². The number of hydrogen-bond acceptors (Lipinski definition) is 4. The van der Waals surface area contributed by atoms with Crippen LogP contribution in [-0.2, 0) is 4.79 Å². The van der Waals surface area contributed by atoms with Crippen LogP contribution < -0.4 is 5.32 Å². The summed E-state index contributed by atoms with van der Waals surface area (Å²) in [6, 6.07) is 7.51. The quantitative estimate of drug-likeness (QED) is 0.812. The van der Waals surface area contributed by atoms with E-state index >= 15 is 0 Å². The smallest absolute Gasteiger partial charge is 0.238 e. The molecule has 0 saturated carbocycles. The molecule has 26 heavy (non-hydrogen) atoms. The number of allylic oxidation sites excluding steroid dienone is 2. The van der Waals surface area contributed by atoms with Crippen LogP contribution in [0, 0.1) is 5.41 Å². The third-order valence-electron chi connectivity index (χ3n) is 4.13. The molecular formula is C19H21ClN4O2. The third-order valence-corrected chi connectivity index (χ3v) is 4.37. The van der Waals surface area contributed by atoms with Crippen molar-refractivity contribution < 1.29 is 9.90 Å². The number of aliphatic hydroxyl groups excluding tert-OH is 1. The molecule has 0 saturated heterocycles. The van der Waals surface area contributed by atoms with Crippen LogP contribution in [0.2, 0.25) is 0 Å². The van der Waals surface area contributed by atoms with E-state index in [2.05, 4.69) is 36.3 Å². The Morgan fingerprint density at radius 2 is 1.88 bits per heavy atom. The Morgan fingerprint density at radius 3 is 2.42 bits per heavy atom. The summed E-state index contributed by atoms with van der Waals surface area (Å²) in [6.07, 6.45) is 4.27. The highest BCUT2D eigenvalue weighted by Crippen LogP contribution is 2.35. The highest BCUT2D eigenvalue weighted by Gasteiger charge is 2.28. The summed E-state index contributed by atoms with van der Waals surface area (Å²) in [5.41, 5.74) is 3.40. The fraction of sp³-hybridized carbons (Fsp3) is 0.316. The molecule has 1 atom stereocenters. The van der Waals surface area contributed by atoms with Crippen LogP contribution in [0.4, 0.5) is 0 Å². The largest absolute Gasteiger partial charge is 0.382 e. The molecule has 0 bridgehead atoms. The number of hydrogen-bond donors (Lipinski definition) is 2. The maximum absolute atomic E-state index is 11.5. The highest BCUT2D eigenvalue weighted by molar-refractivity contribution is 6.27. The number of rotatable bonds is 3. The SMILES string of the molecule is CC(C)(C)C1=CC(=CNC(=O)CCl)C(O)C(n2nc3ccccc3n2)=C1. The number of alkyl halides is 1. The van der Waals surface area contributed by atoms with Crippen molar-refractivity contribution in [2.45, 2.75) is 26.9 Å². The van der Waals surface area contributed by atoms with Gasteiger partial charge in [0.25, 0.3) is 0 Å². The molecule has 1 aromatic heterocycles. The van der Waals surface area contributed by atoms with Crippen LogP contribution in [0.15, 0.2) is 53.8 Å². The topological polar surface area (TPSA) is 80.0 Å². The van der Waals surface area contributed by atoms with Crippen LogP contribution in [0.3, 0.4) is 0 Å². The van der Waals surface area contributed by atoms with E-state index in [0.717, 1.165) is 16.6 Å². The van der Waals surface area contributed by atoms with E-state index in [1.54, 1.807) is 0 Å². The lowest BCUT2D eigenvalue weighted by molar-refractivity contribution is -0.117. The summed E-state index contributed by atoms with van der Waals surface area (Å²) in [5, 5.41) is 22.3. The standard InChI is InChI=1S/C19H21ClN4O2/c1-19(2,3)13-8-12(11-21-17(25)10-20)18(26)16(9-13)24-22-14-6-4-5-7-15(14)23-24/h4-9,11,18,26H,10H2,1-3H3,(H,21,25). The van der Waals surface area contributed by atoms with Gasteiger partial charge in [-0.15, -0.1) is 21.8 Å². The fourth-order valence-corrected chi connectivity index (χ4v) is 2.68. The lowest BCUT2D eigenvalue weighted by Gasteiger charge is -2.28. The summed E-state index contributed by atoms with van der Waals surface area (Å²) in [5.74, 6) is -0.485. The number of fused-ring (bicyclic) bond motifs is 1. The first kappa shape index (κ1) is 18.4. The minimum absolute atomic E-state index is 0.148. The van der Waals surface area contributed by atoms with Crippen LogP contribution >= 0.6 is 11.6 Å². The molecule has 7 heteroatoms.